The number of hydrogen-bond acceptors (Lipinski definition) is 3. The maximum Gasteiger partial charge on any atom is 0.255 e. The van der Waals surface area contributed by atoms with Gasteiger partial charge in [-0.15, -0.1) is 11.8 Å². The molecule has 1 saturated heterocycles. The molecular formula is C16H15Cl2NO2S. The third kappa shape index (κ3) is 3.45. The predicted molar refractivity (Wildman–Crippen MR) is 90.9 cm³/mol. The van der Waals surface area contributed by atoms with E-state index >= 15 is 0 Å². The van der Waals surface area contributed by atoms with E-state index in [0.29, 0.717) is 33.9 Å². The Morgan fingerprint density at radius 2 is 2.14 bits per heavy atom. The minimum Gasteiger partial charge on any atom is -0.468 e. The summed E-state index contributed by atoms with van der Waals surface area (Å²) in [6, 6.07) is 8.87. The van der Waals surface area contributed by atoms with Crippen molar-refractivity contribution in [1.82, 2.24) is 4.90 Å². The van der Waals surface area contributed by atoms with E-state index < -0.39 is 0 Å². The molecule has 3 rings (SSSR count). The molecule has 3 nitrogen and oxygen atoms in total. The fourth-order valence-corrected chi connectivity index (χ4v) is 4.06. The summed E-state index contributed by atoms with van der Waals surface area (Å²) in [6.07, 6.45) is 2.55. The maximum absolute atomic E-state index is 12.7. The summed E-state index contributed by atoms with van der Waals surface area (Å²) in [5.74, 6) is 1.78. The predicted octanol–water partition coefficient (Wildman–Crippen LogP) is 4.91. The highest BCUT2D eigenvalue weighted by molar-refractivity contribution is 7.99. The summed E-state index contributed by atoms with van der Waals surface area (Å²) < 4.78 is 5.48. The largest absolute Gasteiger partial charge is 0.468 e. The van der Waals surface area contributed by atoms with Gasteiger partial charge in [0.1, 0.15) is 5.76 Å². The number of hydrogen-bond donors (Lipinski definition) is 0. The number of carbonyl (C=O) groups is 1. The zero-order valence-electron chi connectivity index (χ0n) is 11.8. The molecule has 0 aliphatic carbocycles. The van der Waals surface area contributed by atoms with Crippen molar-refractivity contribution in [3.05, 3.63) is 58.0 Å². The van der Waals surface area contributed by atoms with Gasteiger partial charge in [0, 0.05) is 23.9 Å². The third-order valence-corrected chi connectivity index (χ3v) is 5.50. The zero-order chi connectivity index (χ0) is 15.5. The van der Waals surface area contributed by atoms with Crippen LogP contribution < -0.4 is 0 Å². The topological polar surface area (TPSA) is 33.5 Å². The highest BCUT2D eigenvalue weighted by Gasteiger charge is 2.25. The average molecular weight is 356 g/mol. The van der Waals surface area contributed by atoms with Crippen LogP contribution in [0.25, 0.3) is 0 Å². The molecule has 1 atom stereocenters. The summed E-state index contributed by atoms with van der Waals surface area (Å²) in [4.78, 5) is 14.5. The summed E-state index contributed by atoms with van der Waals surface area (Å²) in [5.41, 5.74) is 0.468. The van der Waals surface area contributed by atoms with Crippen LogP contribution >= 0.6 is 35.0 Å². The smallest absolute Gasteiger partial charge is 0.255 e. The van der Waals surface area contributed by atoms with Crippen molar-refractivity contribution in [2.45, 2.75) is 11.7 Å². The Morgan fingerprint density at radius 1 is 1.27 bits per heavy atom. The molecule has 6 heteroatoms. The van der Waals surface area contributed by atoms with Gasteiger partial charge >= 0.3 is 0 Å². The Balaban J connectivity index is 1.73. The quantitative estimate of drug-likeness (QED) is 0.767. The normalized spacial score (nSPS) is 19.0. The Kier molecular flexibility index (Phi) is 5.01. The second kappa shape index (κ2) is 6.99. The van der Waals surface area contributed by atoms with E-state index in [1.807, 2.05) is 28.8 Å². The number of halogens is 2. The lowest BCUT2D eigenvalue weighted by Gasteiger charge is -2.21. The number of rotatable bonds is 2. The van der Waals surface area contributed by atoms with Crippen LogP contribution in [0.5, 0.6) is 0 Å². The molecule has 2 heterocycles. The molecule has 0 unspecified atom stereocenters. The monoisotopic (exact) mass is 355 g/mol. The standard InChI is InChI=1S/C16H15Cl2NO2S/c17-11-3-4-13(18)12(10-11)16(20)19-6-5-15(22-9-7-19)14-2-1-8-21-14/h1-4,8,10,15H,5-7,9H2/t15-/m0/s1. The van der Waals surface area contributed by atoms with E-state index in [9.17, 15) is 4.79 Å². The van der Waals surface area contributed by atoms with Crippen LogP contribution in [0.15, 0.2) is 41.0 Å². The first kappa shape index (κ1) is 15.8. The van der Waals surface area contributed by atoms with Crippen LogP contribution in [0.1, 0.15) is 27.8 Å². The molecule has 0 radical (unpaired) electrons. The van der Waals surface area contributed by atoms with Crippen LogP contribution in [-0.2, 0) is 0 Å². The molecule has 0 saturated carbocycles. The molecule has 1 aliphatic heterocycles. The Morgan fingerprint density at radius 3 is 2.91 bits per heavy atom. The van der Waals surface area contributed by atoms with Crippen LogP contribution in [0.3, 0.4) is 0 Å². The van der Waals surface area contributed by atoms with Crippen molar-refractivity contribution >= 4 is 40.9 Å². The molecule has 1 aromatic carbocycles. The molecule has 22 heavy (non-hydrogen) atoms. The number of carbonyl (C=O) groups excluding carboxylic acids is 1. The minimum absolute atomic E-state index is 0.0619. The lowest BCUT2D eigenvalue weighted by Crippen LogP contribution is -2.33. The van der Waals surface area contributed by atoms with Gasteiger partial charge in [0.05, 0.1) is 22.1 Å². The second-order valence-electron chi connectivity index (χ2n) is 5.08. The van der Waals surface area contributed by atoms with Gasteiger partial charge in [-0.05, 0) is 36.8 Å². The van der Waals surface area contributed by atoms with Gasteiger partial charge in [0.25, 0.3) is 5.91 Å². The molecule has 0 bridgehead atoms. The van der Waals surface area contributed by atoms with Crippen LogP contribution in [0.2, 0.25) is 10.0 Å². The van der Waals surface area contributed by atoms with Gasteiger partial charge in [0.2, 0.25) is 0 Å². The van der Waals surface area contributed by atoms with Gasteiger partial charge in [-0.3, -0.25) is 4.79 Å². The van der Waals surface area contributed by atoms with Crippen LogP contribution in [0, 0.1) is 0 Å². The van der Waals surface area contributed by atoms with Gasteiger partial charge < -0.3 is 9.32 Å². The molecule has 1 amide bonds. The summed E-state index contributed by atoms with van der Waals surface area (Å²) >= 11 is 13.9. The van der Waals surface area contributed by atoms with Crippen molar-refractivity contribution in [2.75, 3.05) is 18.8 Å². The first-order valence-corrected chi connectivity index (χ1v) is 8.85. The highest BCUT2D eigenvalue weighted by atomic mass is 35.5. The third-order valence-electron chi connectivity index (χ3n) is 3.65. The van der Waals surface area contributed by atoms with Crippen molar-refractivity contribution in [3.63, 3.8) is 0 Å². The first-order valence-electron chi connectivity index (χ1n) is 7.04. The summed E-state index contributed by atoms with van der Waals surface area (Å²) in [5, 5.41) is 1.25. The van der Waals surface area contributed by atoms with Crippen molar-refractivity contribution in [3.8, 4) is 0 Å². The molecule has 1 fully saturated rings. The van der Waals surface area contributed by atoms with Gasteiger partial charge in [-0.2, -0.15) is 0 Å². The van der Waals surface area contributed by atoms with Gasteiger partial charge in [-0.25, -0.2) is 0 Å². The van der Waals surface area contributed by atoms with Crippen LogP contribution in [0.4, 0.5) is 0 Å². The number of benzene rings is 1. The average Bonchev–Trinajstić information content (AvgIpc) is 2.94. The fraction of sp³-hybridized carbons (Fsp3) is 0.312. The SMILES string of the molecule is O=C(c1cc(Cl)ccc1Cl)N1CCS[C@H](c2ccco2)CC1. The summed E-state index contributed by atoms with van der Waals surface area (Å²) in [6.45, 7) is 1.38. The zero-order valence-corrected chi connectivity index (χ0v) is 14.1. The highest BCUT2D eigenvalue weighted by Crippen LogP contribution is 2.35. The molecule has 116 valence electrons. The molecular weight excluding hydrogens is 341 g/mol. The van der Waals surface area contributed by atoms with E-state index in [2.05, 4.69) is 0 Å². The number of nitrogens with zero attached hydrogens (tertiary/aromatic N) is 1. The van der Waals surface area contributed by atoms with Crippen LogP contribution in [-0.4, -0.2) is 29.6 Å². The van der Waals surface area contributed by atoms with E-state index in [1.54, 1.807) is 24.5 Å². The van der Waals surface area contributed by atoms with Crippen molar-refractivity contribution in [2.24, 2.45) is 0 Å². The Hall–Kier alpha value is -1.10. The van der Waals surface area contributed by atoms with Crippen molar-refractivity contribution in [1.29, 1.82) is 0 Å². The molecule has 1 aliphatic rings. The van der Waals surface area contributed by atoms with E-state index in [4.69, 9.17) is 27.6 Å². The molecule has 2 aromatic rings. The fourth-order valence-electron chi connectivity index (χ4n) is 2.51. The van der Waals surface area contributed by atoms with E-state index in [0.717, 1.165) is 17.9 Å². The maximum atomic E-state index is 12.7. The van der Waals surface area contributed by atoms with E-state index in [-0.39, 0.29) is 5.91 Å². The molecule has 0 N–H and O–H groups in total. The molecule has 0 spiro atoms. The molecule has 1 aromatic heterocycles. The minimum atomic E-state index is -0.0619. The number of amides is 1. The summed E-state index contributed by atoms with van der Waals surface area (Å²) in [7, 11) is 0. The van der Waals surface area contributed by atoms with Gasteiger partial charge in [0.15, 0.2) is 0 Å². The Bertz CT molecular complexity index is 660. The Labute approximate surface area is 143 Å². The number of thioether (sulfide) groups is 1. The van der Waals surface area contributed by atoms with E-state index in [1.165, 1.54) is 0 Å². The lowest BCUT2D eigenvalue weighted by molar-refractivity contribution is 0.0766. The van der Waals surface area contributed by atoms with Crippen molar-refractivity contribution < 1.29 is 9.21 Å². The second-order valence-corrected chi connectivity index (χ2v) is 7.23. The number of furan rings is 1. The lowest BCUT2D eigenvalue weighted by atomic mass is 10.1. The van der Waals surface area contributed by atoms with Gasteiger partial charge in [-0.1, -0.05) is 23.2 Å². The first-order chi connectivity index (χ1) is 10.6.